The molecule has 1 N–H and O–H groups in total. The number of fused-ring (bicyclic) bond motifs is 2. The molecule has 1 atom stereocenters. The number of piperidine rings is 1. The van der Waals surface area contributed by atoms with Gasteiger partial charge < -0.3 is 19.5 Å². The summed E-state index contributed by atoms with van der Waals surface area (Å²) in [5, 5.41) is 10.4. The van der Waals surface area contributed by atoms with Gasteiger partial charge >= 0.3 is 6.09 Å². The van der Waals surface area contributed by atoms with Crippen LogP contribution < -0.4 is 0 Å². The van der Waals surface area contributed by atoms with Crippen molar-refractivity contribution in [2.75, 3.05) is 19.7 Å². The number of hydrogen-bond acceptors (Lipinski definition) is 4. The zero-order valence-electron chi connectivity index (χ0n) is 15.3. The highest BCUT2D eigenvalue weighted by atomic mass is 35.5. The van der Waals surface area contributed by atoms with Gasteiger partial charge in [-0.1, -0.05) is 17.7 Å². The molecule has 0 aromatic heterocycles. The molecule has 0 radical (unpaired) electrons. The number of hydrogen-bond donors (Lipinski definition) is 1. The van der Waals surface area contributed by atoms with Crippen molar-refractivity contribution in [2.24, 2.45) is 0 Å². The van der Waals surface area contributed by atoms with Gasteiger partial charge in [-0.3, -0.25) is 0 Å². The Morgan fingerprint density at radius 2 is 2.04 bits per heavy atom. The second-order valence-electron chi connectivity index (χ2n) is 7.94. The number of halogens is 1. The first kappa shape index (κ1) is 18.5. The van der Waals surface area contributed by atoms with E-state index in [4.69, 9.17) is 21.1 Å². The van der Waals surface area contributed by atoms with Crippen molar-refractivity contribution < 1.29 is 19.4 Å². The molecule has 2 heterocycles. The lowest BCUT2D eigenvalue weighted by molar-refractivity contribution is -0.121. The smallest absolute Gasteiger partial charge is 0.410 e. The quantitative estimate of drug-likeness (QED) is 0.816. The van der Waals surface area contributed by atoms with Gasteiger partial charge in [0.15, 0.2) is 0 Å². The van der Waals surface area contributed by atoms with E-state index in [1.54, 1.807) is 4.90 Å². The van der Waals surface area contributed by atoms with Crippen LogP contribution in [0.2, 0.25) is 5.02 Å². The minimum absolute atomic E-state index is 0.0639. The number of nitrogens with zero attached hydrogens (tertiary/aromatic N) is 1. The van der Waals surface area contributed by atoms with Crippen LogP contribution >= 0.6 is 11.6 Å². The summed E-state index contributed by atoms with van der Waals surface area (Å²) >= 11 is 6.33. The molecular formula is C19H26ClNO4. The first-order chi connectivity index (χ1) is 11.6. The molecule has 0 bridgehead atoms. The fourth-order valence-electron chi connectivity index (χ4n) is 3.66. The Kier molecular flexibility index (Phi) is 4.77. The highest BCUT2D eigenvalue weighted by Crippen LogP contribution is 2.50. The Morgan fingerprint density at radius 1 is 1.40 bits per heavy atom. The zero-order chi connectivity index (χ0) is 18.4. The van der Waals surface area contributed by atoms with Crippen LogP contribution in [0.1, 0.15) is 56.4 Å². The van der Waals surface area contributed by atoms with Crippen LogP contribution in [0.5, 0.6) is 0 Å². The lowest BCUT2D eigenvalue weighted by Crippen LogP contribution is -2.47. The van der Waals surface area contributed by atoms with E-state index in [0.29, 0.717) is 31.0 Å². The summed E-state index contributed by atoms with van der Waals surface area (Å²) < 4.78 is 11.7. The minimum atomic E-state index is -0.504. The van der Waals surface area contributed by atoms with Crippen LogP contribution in [0.3, 0.4) is 0 Å². The van der Waals surface area contributed by atoms with E-state index in [2.05, 4.69) is 0 Å². The van der Waals surface area contributed by atoms with Crippen molar-refractivity contribution in [3.8, 4) is 0 Å². The Morgan fingerprint density at radius 3 is 2.60 bits per heavy atom. The summed E-state index contributed by atoms with van der Waals surface area (Å²) in [7, 11) is 0. The maximum atomic E-state index is 12.3. The number of likely N-dealkylation sites (tertiary alicyclic amines) is 1. The third-order valence-electron chi connectivity index (χ3n) is 4.93. The van der Waals surface area contributed by atoms with Gasteiger partial charge in [-0.05, 0) is 63.3 Å². The third-order valence-corrected chi connectivity index (χ3v) is 5.33. The molecule has 3 rings (SSSR count). The van der Waals surface area contributed by atoms with E-state index >= 15 is 0 Å². The maximum absolute atomic E-state index is 12.3. The molecule has 1 saturated heterocycles. The lowest BCUT2D eigenvalue weighted by atomic mass is 9.83. The molecule has 1 aromatic carbocycles. The van der Waals surface area contributed by atoms with E-state index in [9.17, 15) is 9.90 Å². The Hall–Kier alpha value is -1.30. The highest BCUT2D eigenvalue weighted by Gasteiger charge is 2.47. The van der Waals surface area contributed by atoms with E-state index in [0.717, 1.165) is 16.7 Å². The van der Waals surface area contributed by atoms with Crippen molar-refractivity contribution in [1.82, 2.24) is 4.90 Å². The summed E-state index contributed by atoms with van der Waals surface area (Å²) in [5.41, 5.74) is 2.04. The number of aliphatic hydroxyl groups is 1. The predicted molar refractivity (Wildman–Crippen MR) is 95.8 cm³/mol. The summed E-state index contributed by atoms with van der Waals surface area (Å²) in [6.07, 6.45) is 0.699. The Labute approximate surface area is 153 Å². The summed E-state index contributed by atoms with van der Waals surface area (Å²) in [5.74, 6) is 0. The SMILES string of the molecule is Cc1cc2c(cc1Cl)C1(CCN(C(=O)OC(C)(C)C)CC1)OC2CO. The molecule has 25 heavy (non-hydrogen) atoms. The Bertz CT molecular complexity index is 675. The fourth-order valence-corrected chi connectivity index (χ4v) is 3.83. The summed E-state index contributed by atoms with van der Waals surface area (Å²) in [6.45, 7) is 8.59. The molecular weight excluding hydrogens is 342 g/mol. The first-order valence-corrected chi connectivity index (χ1v) is 9.10. The van der Waals surface area contributed by atoms with Crippen LogP contribution in [0.4, 0.5) is 4.79 Å². The normalized spacial score (nSPS) is 22.2. The van der Waals surface area contributed by atoms with Gasteiger partial charge in [-0.25, -0.2) is 4.79 Å². The Balaban J connectivity index is 1.80. The number of aryl methyl sites for hydroxylation is 1. The molecule has 1 aromatic rings. The monoisotopic (exact) mass is 367 g/mol. The van der Waals surface area contributed by atoms with Crippen molar-refractivity contribution in [2.45, 2.75) is 57.8 Å². The lowest BCUT2D eigenvalue weighted by Gasteiger charge is -2.40. The number of carbonyl (C=O) groups is 1. The van der Waals surface area contributed by atoms with Gasteiger partial charge in [-0.2, -0.15) is 0 Å². The van der Waals surface area contributed by atoms with E-state index in [1.807, 2.05) is 39.8 Å². The van der Waals surface area contributed by atoms with Gasteiger partial charge in [-0.15, -0.1) is 0 Å². The number of carbonyl (C=O) groups excluding carboxylic acids is 1. The molecule has 0 aliphatic carbocycles. The summed E-state index contributed by atoms with van der Waals surface area (Å²) in [6, 6.07) is 3.97. The summed E-state index contributed by atoms with van der Waals surface area (Å²) in [4.78, 5) is 14.0. The van der Waals surface area contributed by atoms with E-state index < -0.39 is 11.2 Å². The second kappa shape index (κ2) is 6.45. The molecule has 138 valence electrons. The van der Waals surface area contributed by atoms with Crippen molar-refractivity contribution >= 4 is 17.7 Å². The molecule has 2 aliphatic rings. The molecule has 1 unspecified atom stereocenters. The van der Waals surface area contributed by atoms with Gasteiger partial charge in [0.05, 0.1) is 12.2 Å². The molecule has 1 spiro atoms. The first-order valence-electron chi connectivity index (χ1n) is 8.72. The number of ether oxygens (including phenoxy) is 2. The van der Waals surface area contributed by atoms with Crippen LogP contribution in [0.25, 0.3) is 0 Å². The van der Waals surface area contributed by atoms with Gasteiger partial charge in [0.1, 0.15) is 11.7 Å². The molecule has 1 amide bonds. The van der Waals surface area contributed by atoms with Crippen LogP contribution in [0.15, 0.2) is 12.1 Å². The number of benzene rings is 1. The van der Waals surface area contributed by atoms with Crippen LogP contribution in [0, 0.1) is 6.92 Å². The standard InChI is InChI=1S/C19H26ClNO4/c1-12-9-13-14(10-15(12)20)19(24-16(13)11-22)5-7-21(8-6-19)17(23)25-18(2,3)4/h9-10,16,22H,5-8,11H2,1-4H3. The average molecular weight is 368 g/mol. The second-order valence-corrected chi connectivity index (χ2v) is 8.35. The highest BCUT2D eigenvalue weighted by molar-refractivity contribution is 6.31. The molecule has 1 fully saturated rings. The van der Waals surface area contributed by atoms with Crippen molar-refractivity contribution in [3.63, 3.8) is 0 Å². The van der Waals surface area contributed by atoms with Crippen LogP contribution in [-0.2, 0) is 15.1 Å². The number of amides is 1. The molecule has 2 aliphatic heterocycles. The third kappa shape index (κ3) is 3.50. The zero-order valence-corrected chi connectivity index (χ0v) is 16.0. The van der Waals surface area contributed by atoms with Crippen LogP contribution in [-0.4, -0.2) is 41.4 Å². The molecule has 0 saturated carbocycles. The molecule has 6 heteroatoms. The number of aliphatic hydroxyl groups excluding tert-OH is 1. The maximum Gasteiger partial charge on any atom is 0.410 e. The number of rotatable bonds is 1. The molecule has 5 nitrogen and oxygen atoms in total. The minimum Gasteiger partial charge on any atom is -0.444 e. The topological polar surface area (TPSA) is 59.0 Å². The fraction of sp³-hybridized carbons (Fsp3) is 0.632. The van der Waals surface area contributed by atoms with Gasteiger partial charge in [0, 0.05) is 18.1 Å². The van der Waals surface area contributed by atoms with Crippen molar-refractivity contribution in [1.29, 1.82) is 0 Å². The largest absolute Gasteiger partial charge is 0.444 e. The van der Waals surface area contributed by atoms with E-state index in [1.165, 1.54) is 0 Å². The van der Waals surface area contributed by atoms with Gasteiger partial charge in [0.2, 0.25) is 0 Å². The average Bonchev–Trinajstić information content (AvgIpc) is 2.80. The predicted octanol–water partition coefficient (Wildman–Crippen LogP) is 3.94. The van der Waals surface area contributed by atoms with Gasteiger partial charge in [0.25, 0.3) is 0 Å². The van der Waals surface area contributed by atoms with Crippen molar-refractivity contribution in [3.05, 3.63) is 33.8 Å². The van der Waals surface area contributed by atoms with E-state index in [-0.39, 0.29) is 18.8 Å².